The summed E-state index contributed by atoms with van der Waals surface area (Å²) in [5.41, 5.74) is 1.77. The van der Waals surface area contributed by atoms with Crippen LogP contribution in [0.5, 0.6) is 5.75 Å². The Morgan fingerprint density at radius 3 is 2.49 bits per heavy atom. The lowest BCUT2D eigenvalue weighted by Gasteiger charge is -2.18. The highest BCUT2D eigenvalue weighted by atomic mass is 32.2. The van der Waals surface area contributed by atoms with Gasteiger partial charge in [-0.15, -0.1) is 0 Å². The van der Waals surface area contributed by atoms with Crippen molar-refractivity contribution in [2.75, 3.05) is 23.0 Å². The summed E-state index contributed by atoms with van der Waals surface area (Å²) < 4.78 is 106. The van der Waals surface area contributed by atoms with Crippen molar-refractivity contribution in [1.82, 2.24) is 0 Å². The molecule has 0 unspecified atom stereocenters. The molecule has 0 fully saturated rings. The summed E-state index contributed by atoms with van der Waals surface area (Å²) in [4.78, 5) is 1.59. The molecule has 10 nitrogen and oxygen atoms in total. The minimum absolute atomic E-state index is 0.0173. The number of ether oxygens (including phenoxy) is 1. The van der Waals surface area contributed by atoms with Crippen molar-refractivity contribution in [3.8, 4) is 5.75 Å². The van der Waals surface area contributed by atoms with Gasteiger partial charge in [0.15, 0.2) is 12.3 Å². The highest BCUT2D eigenvalue weighted by Gasteiger charge is 2.28. The molecule has 2 heterocycles. The van der Waals surface area contributed by atoms with Gasteiger partial charge in [0.1, 0.15) is 11.6 Å². The van der Waals surface area contributed by atoms with Gasteiger partial charge in [-0.05, 0) is 42.7 Å². The van der Waals surface area contributed by atoms with E-state index in [0.717, 1.165) is 0 Å². The molecule has 0 spiro atoms. The van der Waals surface area contributed by atoms with E-state index in [2.05, 4.69) is 0 Å². The Balaban J connectivity index is 1.71. The van der Waals surface area contributed by atoms with Crippen LogP contribution in [0.2, 0.25) is 0 Å². The van der Waals surface area contributed by atoms with Crippen molar-refractivity contribution in [1.29, 1.82) is 0 Å². The van der Waals surface area contributed by atoms with E-state index in [1.54, 1.807) is 21.6 Å². The number of benzene rings is 2. The second-order valence-corrected chi connectivity index (χ2v) is 12.0. The van der Waals surface area contributed by atoms with E-state index in [-0.39, 0.29) is 37.7 Å². The molecular formula is C25H26F2N2O8S2. The van der Waals surface area contributed by atoms with Gasteiger partial charge >= 0.3 is 5.89 Å². The van der Waals surface area contributed by atoms with Crippen LogP contribution < -0.4 is 14.2 Å². The maximum Gasteiger partial charge on any atom is 0.374 e. The molecule has 0 aliphatic carbocycles. The SMILES string of the molecule is CCC(/C=C1\Oc2ccc(F)cc2N1CCCS(=O)(=O)O)=C\c1oc2ccc(F)cc2[n+]1CCCS(=O)(=O)[O-]. The Bertz CT molecular complexity index is 1660. The quantitative estimate of drug-likeness (QED) is 0.264. The summed E-state index contributed by atoms with van der Waals surface area (Å²) in [6.45, 7) is 2.02. The lowest BCUT2D eigenvalue weighted by Crippen LogP contribution is -2.36. The molecule has 1 aliphatic rings. The van der Waals surface area contributed by atoms with E-state index >= 15 is 0 Å². The van der Waals surface area contributed by atoms with Crippen molar-refractivity contribution in [3.05, 3.63) is 71.5 Å². The predicted octanol–water partition coefficient (Wildman–Crippen LogP) is 3.75. The molecule has 1 N–H and O–H groups in total. The minimum atomic E-state index is -4.44. The van der Waals surface area contributed by atoms with Crippen molar-refractivity contribution in [2.24, 2.45) is 0 Å². The molecule has 39 heavy (non-hydrogen) atoms. The fourth-order valence-corrected chi connectivity index (χ4v) is 5.17. The van der Waals surface area contributed by atoms with Crippen molar-refractivity contribution in [3.63, 3.8) is 0 Å². The number of allylic oxidation sites excluding steroid dienone is 2. The zero-order chi connectivity index (χ0) is 28.4. The van der Waals surface area contributed by atoms with Gasteiger partial charge in [-0.25, -0.2) is 17.2 Å². The molecule has 2 aromatic carbocycles. The predicted molar refractivity (Wildman–Crippen MR) is 137 cm³/mol. The number of halogens is 2. The number of anilines is 1. The summed E-state index contributed by atoms with van der Waals surface area (Å²) in [6.07, 6.45) is 3.79. The zero-order valence-corrected chi connectivity index (χ0v) is 22.5. The number of nitrogens with zero attached hydrogens (tertiary/aromatic N) is 2. The van der Waals surface area contributed by atoms with Crippen LogP contribution in [0.15, 0.2) is 58.3 Å². The van der Waals surface area contributed by atoms with Gasteiger partial charge in [0.05, 0.1) is 27.6 Å². The molecule has 0 bridgehead atoms. The monoisotopic (exact) mass is 584 g/mol. The van der Waals surface area contributed by atoms with Crippen LogP contribution in [0.1, 0.15) is 32.1 Å². The summed E-state index contributed by atoms with van der Waals surface area (Å²) in [7, 11) is -8.64. The van der Waals surface area contributed by atoms with Gasteiger partial charge < -0.3 is 18.6 Å². The molecule has 0 atom stereocenters. The summed E-state index contributed by atoms with van der Waals surface area (Å²) in [6, 6.07) is 7.84. The Morgan fingerprint density at radius 2 is 1.79 bits per heavy atom. The maximum atomic E-state index is 14.0. The summed E-state index contributed by atoms with van der Waals surface area (Å²) in [5, 5.41) is 0. The van der Waals surface area contributed by atoms with Gasteiger partial charge in [-0.2, -0.15) is 13.0 Å². The maximum absolute atomic E-state index is 14.0. The first-order valence-corrected chi connectivity index (χ1v) is 15.2. The molecule has 0 saturated carbocycles. The summed E-state index contributed by atoms with van der Waals surface area (Å²) in [5.74, 6) is -1.22. The highest BCUT2D eigenvalue weighted by Crippen LogP contribution is 2.40. The van der Waals surface area contributed by atoms with E-state index < -0.39 is 43.4 Å². The third-order valence-electron chi connectivity index (χ3n) is 5.97. The Kier molecular flexibility index (Phi) is 8.39. The second-order valence-electron chi connectivity index (χ2n) is 8.88. The second kappa shape index (κ2) is 11.4. The largest absolute Gasteiger partial charge is 0.748 e. The van der Waals surface area contributed by atoms with E-state index in [0.29, 0.717) is 34.5 Å². The zero-order valence-electron chi connectivity index (χ0n) is 20.8. The number of aromatic nitrogens is 1. The smallest absolute Gasteiger partial charge is 0.374 e. The van der Waals surface area contributed by atoms with Crippen molar-refractivity contribution in [2.45, 2.75) is 32.7 Å². The van der Waals surface area contributed by atoms with Gasteiger partial charge in [-0.1, -0.05) is 6.92 Å². The molecule has 1 aromatic heterocycles. The van der Waals surface area contributed by atoms with Crippen LogP contribution >= 0.6 is 0 Å². The molecule has 0 radical (unpaired) electrons. The van der Waals surface area contributed by atoms with Crippen LogP contribution in [-0.2, 0) is 26.8 Å². The number of rotatable bonds is 11. The Hall–Kier alpha value is -3.33. The van der Waals surface area contributed by atoms with Gasteiger partial charge in [0.25, 0.3) is 15.6 Å². The Morgan fingerprint density at radius 1 is 1.08 bits per heavy atom. The number of fused-ring (bicyclic) bond motifs is 2. The van der Waals surface area contributed by atoms with Gasteiger partial charge in [-0.3, -0.25) is 4.55 Å². The number of hydrogen-bond acceptors (Lipinski definition) is 8. The summed E-state index contributed by atoms with van der Waals surface area (Å²) >= 11 is 0. The van der Waals surface area contributed by atoms with Crippen molar-refractivity contribution >= 4 is 43.1 Å². The Labute approximate surface area is 224 Å². The molecule has 3 aromatic rings. The van der Waals surface area contributed by atoms with Crippen molar-refractivity contribution < 1.29 is 48.4 Å². The molecule has 4 rings (SSSR count). The normalized spacial score (nSPS) is 15.3. The highest BCUT2D eigenvalue weighted by molar-refractivity contribution is 7.85. The fraction of sp³-hybridized carbons (Fsp3) is 0.320. The van der Waals surface area contributed by atoms with Crippen LogP contribution in [0, 0.1) is 11.6 Å². The van der Waals surface area contributed by atoms with Crippen LogP contribution in [0.3, 0.4) is 0 Å². The first kappa shape index (κ1) is 28.7. The molecule has 0 amide bonds. The number of oxazole rings is 1. The molecular weight excluding hydrogens is 558 g/mol. The topological polar surface area (TPSA) is 141 Å². The molecule has 14 heteroatoms. The van der Waals surface area contributed by atoms with Crippen LogP contribution in [0.25, 0.3) is 17.2 Å². The first-order chi connectivity index (χ1) is 18.3. The van der Waals surface area contributed by atoms with Crippen LogP contribution in [0.4, 0.5) is 14.5 Å². The van der Waals surface area contributed by atoms with Gasteiger partial charge in [0, 0.05) is 36.9 Å². The van der Waals surface area contributed by atoms with E-state index in [1.165, 1.54) is 36.4 Å². The molecule has 0 saturated heterocycles. The first-order valence-electron chi connectivity index (χ1n) is 12.0. The van der Waals surface area contributed by atoms with E-state index in [9.17, 15) is 30.2 Å². The standard InChI is InChI=1S/C25H26F2N2O8S2/c1-2-17(13-24-28(9-3-11-38(30,31)32)20-15-18(26)5-7-22(20)36-24)14-25-29(10-4-12-39(33,34)35)21-16-19(27)6-8-23(21)37-25/h5-8,13-16H,2-4,9-12H2,1H3,(H-,30,31,32,33,34,35). The van der Waals surface area contributed by atoms with E-state index in [4.69, 9.17) is 13.7 Å². The lowest BCUT2D eigenvalue weighted by molar-refractivity contribution is -0.677. The lowest BCUT2D eigenvalue weighted by atomic mass is 10.1. The third-order valence-corrected chi connectivity index (χ3v) is 7.56. The number of hydrogen-bond donors (Lipinski definition) is 1. The number of aryl methyl sites for hydroxylation is 1. The third kappa shape index (κ3) is 7.41. The average molecular weight is 585 g/mol. The minimum Gasteiger partial charge on any atom is -0.748 e. The average Bonchev–Trinajstić information content (AvgIpc) is 3.34. The molecule has 210 valence electrons. The van der Waals surface area contributed by atoms with Crippen LogP contribution in [-0.4, -0.2) is 44.0 Å². The van der Waals surface area contributed by atoms with E-state index in [1.807, 2.05) is 6.92 Å². The van der Waals surface area contributed by atoms with Gasteiger partial charge in [0.2, 0.25) is 11.5 Å². The molecule has 1 aliphatic heterocycles. The fourth-order valence-electron chi connectivity index (χ4n) is 4.19.